The van der Waals surface area contributed by atoms with Crippen LogP contribution in [0.15, 0.2) is 55.4 Å². The molecule has 12 heteroatoms. The van der Waals surface area contributed by atoms with E-state index in [0.29, 0.717) is 33.7 Å². The van der Waals surface area contributed by atoms with Gasteiger partial charge in [0.2, 0.25) is 11.9 Å². The average Bonchev–Trinajstić information content (AvgIpc) is 3.35. The molecule has 0 aliphatic heterocycles. The van der Waals surface area contributed by atoms with E-state index < -0.39 is 0 Å². The number of hydrogen-bond acceptors (Lipinski definition) is 8. The van der Waals surface area contributed by atoms with Crippen LogP contribution in [0.2, 0.25) is 5.02 Å². The van der Waals surface area contributed by atoms with Crippen LogP contribution in [0.5, 0.6) is 5.75 Å². The highest BCUT2D eigenvalue weighted by Gasteiger charge is 2.18. The van der Waals surface area contributed by atoms with Gasteiger partial charge in [-0.3, -0.25) is 4.79 Å². The first-order valence-corrected chi connectivity index (χ1v) is 12.3. The molecule has 2 heterocycles. The number of benzene rings is 2. The molecule has 0 unspecified atom stereocenters. The van der Waals surface area contributed by atoms with Crippen LogP contribution in [-0.4, -0.2) is 71.9 Å². The van der Waals surface area contributed by atoms with E-state index in [2.05, 4.69) is 42.0 Å². The molecule has 2 N–H and O–H groups in total. The van der Waals surface area contributed by atoms with Crippen molar-refractivity contribution < 1.29 is 9.53 Å². The van der Waals surface area contributed by atoms with Gasteiger partial charge in [-0.25, -0.2) is 14.5 Å². The molecular weight excluding hydrogens is 518 g/mol. The van der Waals surface area contributed by atoms with Gasteiger partial charge in [0.25, 0.3) is 0 Å². The number of nitrogens with one attached hydrogen (secondary N) is 2. The summed E-state index contributed by atoms with van der Waals surface area (Å²) in [6, 6.07) is 8.85. The zero-order valence-electron chi connectivity index (χ0n) is 22.1. The van der Waals surface area contributed by atoms with Crippen molar-refractivity contribution in [2.45, 2.75) is 0 Å². The van der Waals surface area contributed by atoms with E-state index in [4.69, 9.17) is 22.9 Å². The quantitative estimate of drug-likeness (QED) is 0.214. The molecule has 11 nitrogen and oxygen atoms in total. The van der Waals surface area contributed by atoms with Crippen LogP contribution in [0.1, 0.15) is 0 Å². The number of fused-ring (bicyclic) bond motifs is 1. The van der Waals surface area contributed by atoms with Gasteiger partial charge in [-0.15, -0.1) is 0 Å². The van der Waals surface area contributed by atoms with Crippen LogP contribution >= 0.6 is 11.6 Å². The first-order chi connectivity index (χ1) is 18.7. The van der Waals surface area contributed by atoms with Gasteiger partial charge < -0.3 is 25.2 Å². The normalized spacial score (nSPS) is 10.8. The maximum atomic E-state index is 12.2. The van der Waals surface area contributed by atoms with Crippen LogP contribution in [-0.2, 0) is 4.79 Å². The van der Waals surface area contributed by atoms with Crippen molar-refractivity contribution in [1.82, 2.24) is 24.6 Å². The predicted molar refractivity (Wildman–Crippen MR) is 155 cm³/mol. The molecule has 0 bridgehead atoms. The lowest BCUT2D eigenvalue weighted by Gasteiger charge is -2.26. The molecule has 4 aromatic rings. The van der Waals surface area contributed by atoms with E-state index >= 15 is 0 Å². The molecule has 0 fully saturated rings. The number of rotatable bonds is 10. The molecule has 39 heavy (non-hydrogen) atoms. The molecular formula is C27H28ClN9O2. The summed E-state index contributed by atoms with van der Waals surface area (Å²) in [5.74, 6) is 0.780. The third kappa shape index (κ3) is 6.09. The van der Waals surface area contributed by atoms with Gasteiger partial charge >= 0.3 is 0 Å². The van der Waals surface area contributed by atoms with E-state index in [1.54, 1.807) is 42.3 Å². The van der Waals surface area contributed by atoms with Gasteiger partial charge in [0.1, 0.15) is 10.8 Å². The Kier molecular flexibility index (Phi) is 8.29. The Bertz CT molecular complexity index is 1580. The number of anilines is 4. The Morgan fingerprint density at radius 3 is 2.69 bits per heavy atom. The van der Waals surface area contributed by atoms with Crippen LogP contribution in [0.4, 0.5) is 28.7 Å². The number of carbonyl (C=O) groups is 1. The second-order valence-corrected chi connectivity index (χ2v) is 9.30. The fraction of sp³-hybridized carbons (Fsp3) is 0.222. The van der Waals surface area contributed by atoms with E-state index in [1.165, 1.54) is 12.3 Å². The molecule has 4 rings (SSSR count). The van der Waals surface area contributed by atoms with Crippen molar-refractivity contribution >= 4 is 57.1 Å². The highest BCUT2D eigenvalue weighted by atomic mass is 35.5. The van der Waals surface area contributed by atoms with Crippen LogP contribution < -0.4 is 20.3 Å². The Labute approximate surface area is 231 Å². The van der Waals surface area contributed by atoms with Gasteiger partial charge in [0.05, 0.1) is 48.7 Å². The van der Waals surface area contributed by atoms with Crippen molar-refractivity contribution in [1.29, 1.82) is 0 Å². The Balaban J connectivity index is 1.73. The number of likely N-dealkylation sites (N-methyl/N-ethyl adjacent to an activating group) is 2. The van der Waals surface area contributed by atoms with Crippen molar-refractivity contribution in [3.63, 3.8) is 0 Å². The topological polar surface area (TPSA) is 105 Å². The standard InChI is InChI=1S/C27H28ClN9O2/c1-7-25(38)32-20-13-21(24(39-6)14-23(20)36(5)11-10-35(3)4)33-27-30-16-19(28)26(34-27)37-22-9-8-18(29-2)12-17(22)15-31-37/h7-9,12-16H,1,10-11H2,3-6H3,(H,32,38)(H,30,33,34). The van der Waals surface area contributed by atoms with E-state index in [-0.39, 0.29) is 11.9 Å². The summed E-state index contributed by atoms with van der Waals surface area (Å²) < 4.78 is 7.26. The molecule has 2 aromatic heterocycles. The molecule has 0 atom stereocenters. The van der Waals surface area contributed by atoms with Crippen molar-refractivity contribution in [2.75, 3.05) is 56.9 Å². The number of nitrogens with zero attached hydrogens (tertiary/aromatic N) is 7. The highest BCUT2D eigenvalue weighted by Crippen LogP contribution is 2.38. The molecule has 0 spiro atoms. The maximum Gasteiger partial charge on any atom is 0.247 e. The number of hydrogen-bond donors (Lipinski definition) is 2. The highest BCUT2D eigenvalue weighted by molar-refractivity contribution is 6.32. The molecule has 0 aliphatic rings. The van der Waals surface area contributed by atoms with Gasteiger partial charge in [0, 0.05) is 31.6 Å². The fourth-order valence-electron chi connectivity index (χ4n) is 3.85. The minimum atomic E-state index is -0.342. The lowest BCUT2D eigenvalue weighted by atomic mass is 10.2. The monoisotopic (exact) mass is 545 g/mol. The number of ether oxygens (including phenoxy) is 1. The Morgan fingerprint density at radius 1 is 1.21 bits per heavy atom. The zero-order chi connectivity index (χ0) is 28.1. The SMILES string of the molecule is [C-]#[N+]c1ccc2c(cnn2-c2nc(Nc3cc(NC(=O)C=C)c(N(C)CCN(C)C)cc3OC)ncc2Cl)c1. The number of halogens is 1. The first-order valence-electron chi connectivity index (χ1n) is 11.9. The van der Waals surface area contributed by atoms with Crippen molar-refractivity contribution in [2.24, 2.45) is 0 Å². The predicted octanol–water partition coefficient (Wildman–Crippen LogP) is 4.89. The minimum absolute atomic E-state index is 0.240. The molecule has 1 amide bonds. The number of methoxy groups -OCH3 is 1. The zero-order valence-corrected chi connectivity index (χ0v) is 22.8. The average molecular weight is 546 g/mol. The maximum absolute atomic E-state index is 12.2. The lowest BCUT2D eigenvalue weighted by Crippen LogP contribution is -2.29. The van der Waals surface area contributed by atoms with E-state index in [1.807, 2.05) is 32.1 Å². The molecule has 0 saturated heterocycles. The van der Waals surface area contributed by atoms with Gasteiger partial charge in [-0.1, -0.05) is 24.2 Å². The molecule has 0 radical (unpaired) electrons. The summed E-state index contributed by atoms with van der Waals surface area (Å²) in [5, 5.41) is 11.6. The summed E-state index contributed by atoms with van der Waals surface area (Å²) in [7, 11) is 7.50. The van der Waals surface area contributed by atoms with Crippen LogP contribution in [0.25, 0.3) is 21.6 Å². The van der Waals surface area contributed by atoms with E-state index in [0.717, 1.165) is 29.7 Å². The number of aromatic nitrogens is 4. The van der Waals surface area contributed by atoms with Gasteiger partial charge in [-0.05, 0) is 38.4 Å². The Morgan fingerprint density at radius 2 is 2.00 bits per heavy atom. The summed E-state index contributed by atoms with van der Waals surface area (Å²) in [4.78, 5) is 28.7. The Hall–Kier alpha value is -4.66. The van der Waals surface area contributed by atoms with Crippen molar-refractivity contribution in [3.8, 4) is 11.6 Å². The lowest BCUT2D eigenvalue weighted by molar-refractivity contribution is -0.111. The number of carbonyl (C=O) groups excluding carboxylic acids is 1. The first kappa shape index (κ1) is 27.4. The summed E-state index contributed by atoms with van der Waals surface area (Å²) >= 11 is 6.46. The number of amides is 1. The third-order valence-corrected chi connectivity index (χ3v) is 6.17. The molecule has 0 aliphatic carbocycles. The molecule has 0 saturated carbocycles. The molecule has 200 valence electrons. The second kappa shape index (κ2) is 11.8. The largest absolute Gasteiger partial charge is 0.494 e. The summed E-state index contributed by atoms with van der Waals surface area (Å²) in [6.45, 7) is 12.3. The van der Waals surface area contributed by atoms with Gasteiger partial charge in [-0.2, -0.15) is 10.1 Å². The second-order valence-electron chi connectivity index (χ2n) is 8.89. The third-order valence-electron chi connectivity index (χ3n) is 5.91. The minimum Gasteiger partial charge on any atom is -0.494 e. The van der Waals surface area contributed by atoms with E-state index in [9.17, 15) is 4.79 Å². The smallest absolute Gasteiger partial charge is 0.247 e. The summed E-state index contributed by atoms with van der Waals surface area (Å²) in [5.41, 5.74) is 3.12. The van der Waals surface area contributed by atoms with Crippen LogP contribution in [0, 0.1) is 6.57 Å². The fourth-order valence-corrected chi connectivity index (χ4v) is 4.02. The molecule has 2 aromatic carbocycles. The summed E-state index contributed by atoms with van der Waals surface area (Å²) in [6.07, 6.45) is 4.34. The van der Waals surface area contributed by atoms with Gasteiger partial charge in [0.15, 0.2) is 11.5 Å². The van der Waals surface area contributed by atoms with Crippen LogP contribution in [0.3, 0.4) is 0 Å². The van der Waals surface area contributed by atoms with Crippen molar-refractivity contribution in [3.05, 3.63) is 71.8 Å².